The van der Waals surface area contributed by atoms with Gasteiger partial charge < -0.3 is 5.32 Å². The van der Waals surface area contributed by atoms with Gasteiger partial charge in [-0.05, 0) is 24.8 Å². The summed E-state index contributed by atoms with van der Waals surface area (Å²) in [7, 11) is 0. The van der Waals surface area contributed by atoms with Crippen LogP contribution in [0.5, 0.6) is 0 Å². The minimum Gasteiger partial charge on any atom is -0.350 e. The van der Waals surface area contributed by atoms with Crippen LogP contribution in [0.3, 0.4) is 0 Å². The molecule has 5 nitrogen and oxygen atoms in total. The Hall–Kier alpha value is -1.34. The molecule has 1 atom stereocenters. The number of hydrogen-bond donors (Lipinski definition) is 2. The molecule has 0 aliphatic rings. The molecule has 2 aromatic rings. The molecule has 0 spiro atoms. The van der Waals surface area contributed by atoms with Crippen LogP contribution in [0.15, 0.2) is 22.7 Å². The van der Waals surface area contributed by atoms with Crippen LogP contribution >= 0.6 is 23.1 Å². The number of carbonyl (C=O) groups excluding carboxylic acids is 1. The summed E-state index contributed by atoms with van der Waals surface area (Å²) in [5.41, 5.74) is 0. The maximum Gasteiger partial charge on any atom is 0.233 e. The summed E-state index contributed by atoms with van der Waals surface area (Å²) in [6.07, 6.45) is 1.91. The summed E-state index contributed by atoms with van der Waals surface area (Å²) in [6.45, 7) is 4.54. The number of carbonyl (C=O) groups is 1. The van der Waals surface area contributed by atoms with Gasteiger partial charge in [0.1, 0.15) is 5.82 Å². The fourth-order valence-electron chi connectivity index (χ4n) is 1.62. The summed E-state index contributed by atoms with van der Waals surface area (Å²) >= 11 is 3.01. The maximum absolute atomic E-state index is 12.0. The van der Waals surface area contributed by atoms with Crippen molar-refractivity contribution in [2.45, 2.75) is 43.6 Å². The minimum absolute atomic E-state index is 0.00485. The molecule has 0 radical (unpaired) electrons. The highest BCUT2D eigenvalue weighted by atomic mass is 32.2. The number of rotatable bonds is 7. The zero-order valence-electron chi connectivity index (χ0n) is 11.5. The van der Waals surface area contributed by atoms with Crippen molar-refractivity contribution in [1.82, 2.24) is 20.5 Å². The molecule has 0 bridgehead atoms. The predicted molar refractivity (Wildman–Crippen MR) is 81.9 cm³/mol. The second-order valence-electron chi connectivity index (χ2n) is 4.37. The highest BCUT2D eigenvalue weighted by molar-refractivity contribution is 8.00. The molecule has 2 rings (SSSR count). The van der Waals surface area contributed by atoms with Crippen molar-refractivity contribution in [3.05, 3.63) is 28.2 Å². The van der Waals surface area contributed by atoms with Gasteiger partial charge in [-0.25, -0.2) is 4.98 Å². The van der Waals surface area contributed by atoms with Gasteiger partial charge in [0, 0.05) is 11.3 Å². The third-order valence-electron chi connectivity index (χ3n) is 2.67. The van der Waals surface area contributed by atoms with Gasteiger partial charge in [0.05, 0.1) is 11.8 Å². The van der Waals surface area contributed by atoms with E-state index in [2.05, 4.69) is 27.4 Å². The van der Waals surface area contributed by atoms with Crippen molar-refractivity contribution in [1.29, 1.82) is 0 Å². The second-order valence-corrected chi connectivity index (χ2v) is 6.71. The minimum atomic E-state index is -0.208. The van der Waals surface area contributed by atoms with Gasteiger partial charge >= 0.3 is 0 Å². The second kappa shape index (κ2) is 7.44. The van der Waals surface area contributed by atoms with Crippen LogP contribution in [0, 0.1) is 0 Å². The number of H-pyrrole nitrogens is 1. The van der Waals surface area contributed by atoms with E-state index in [-0.39, 0.29) is 11.2 Å². The Morgan fingerprint density at radius 3 is 3.15 bits per heavy atom. The Morgan fingerprint density at radius 1 is 1.60 bits per heavy atom. The molecular weight excluding hydrogens is 292 g/mol. The first-order valence-electron chi connectivity index (χ1n) is 6.57. The van der Waals surface area contributed by atoms with Crippen LogP contribution in [0.1, 0.15) is 31.0 Å². The standard InChI is InChI=1S/C13H18N4OS2/c1-3-5-11-15-13(17-16-11)20-9(2)12(18)14-8-10-6-4-7-19-10/h4,6-7,9H,3,5,8H2,1-2H3,(H,14,18)(H,15,16,17). The number of nitrogens with zero attached hydrogens (tertiary/aromatic N) is 2. The largest absolute Gasteiger partial charge is 0.350 e. The molecule has 1 unspecified atom stereocenters. The van der Waals surface area contributed by atoms with Gasteiger partial charge in [0.2, 0.25) is 11.1 Å². The number of aromatic amines is 1. The van der Waals surface area contributed by atoms with E-state index < -0.39 is 0 Å². The quantitative estimate of drug-likeness (QED) is 0.771. The number of thioether (sulfide) groups is 1. The third kappa shape index (κ3) is 4.35. The Kier molecular flexibility index (Phi) is 5.60. The van der Waals surface area contributed by atoms with Crippen molar-refractivity contribution in [2.75, 3.05) is 0 Å². The van der Waals surface area contributed by atoms with E-state index >= 15 is 0 Å². The molecule has 0 saturated carbocycles. The number of amides is 1. The molecule has 2 heterocycles. The highest BCUT2D eigenvalue weighted by Gasteiger charge is 2.16. The van der Waals surface area contributed by atoms with Crippen molar-refractivity contribution < 1.29 is 4.79 Å². The zero-order valence-corrected chi connectivity index (χ0v) is 13.2. The van der Waals surface area contributed by atoms with E-state index in [4.69, 9.17) is 0 Å². The first-order valence-corrected chi connectivity index (χ1v) is 8.33. The predicted octanol–water partition coefficient (Wildman–Crippen LogP) is 2.62. The third-order valence-corrected chi connectivity index (χ3v) is 4.50. The summed E-state index contributed by atoms with van der Waals surface area (Å²) in [5, 5.41) is 12.4. The molecule has 0 aliphatic carbocycles. The molecule has 2 N–H and O–H groups in total. The molecule has 20 heavy (non-hydrogen) atoms. The summed E-state index contributed by atoms with van der Waals surface area (Å²) in [5.74, 6) is 0.881. The summed E-state index contributed by atoms with van der Waals surface area (Å²) < 4.78 is 0. The average Bonchev–Trinajstić information content (AvgIpc) is 3.08. The average molecular weight is 310 g/mol. The molecule has 0 fully saturated rings. The first kappa shape index (κ1) is 15.1. The summed E-state index contributed by atoms with van der Waals surface area (Å²) in [4.78, 5) is 17.5. The lowest BCUT2D eigenvalue weighted by Crippen LogP contribution is -2.30. The topological polar surface area (TPSA) is 70.7 Å². The highest BCUT2D eigenvalue weighted by Crippen LogP contribution is 2.19. The number of aromatic nitrogens is 3. The van der Waals surface area contributed by atoms with Crippen LogP contribution in [-0.2, 0) is 17.8 Å². The lowest BCUT2D eigenvalue weighted by molar-refractivity contribution is -0.120. The lowest BCUT2D eigenvalue weighted by atomic mass is 10.3. The molecule has 2 aromatic heterocycles. The van der Waals surface area contributed by atoms with E-state index in [1.165, 1.54) is 11.8 Å². The number of thiophene rings is 1. The van der Waals surface area contributed by atoms with Gasteiger partial charge in [-0.15, -0.1) is 16.4 Å². The van der Waals surface area contributed by atoms with Crippen molar-refractivity contribution in [2.24, 2.45) is 0 Å². The van der Waals surface area contributed by atoms with Gasteiger partial charge in [-0.3, -0.25) is 9.89 Å². The van der Waals surface area contributed by atoms with Crippen LogP contribution in [0.2, 0.25) is 0 Å². The Bertz CT molecular complexity index is 538. The fraction of sp³-hybridized carbons (Fsp3) is 0.462. The van der Waals surface area contributed by atoms with Crippen LogP contribution in [0.4, 0.5) is 0 Å². The zero-order chi connectivity index (χ0) is 14.4. The molecule has 1 amide bonds. The van der Waals surface area contributed by atoms with E-state index in [1.54, 1.807) is 11.3 Å². The van der Waals surface area contributed by atoms with Crippen LogP contribution < -0.4 is 5.32 Å². The van der Waals surface area contributed by atoms with E-state index in [0.29, 0.717) is 11.7 Å². The first-order chi connectivity index (χ1) is 9.69. The molecule has 7 heteroatoms. The van der Waals surface area contributed by atoms with E-state index in [1.807, 2.05) is 24.4 Å². The van der Waals surface area contributed by atoms with Gasteiger partial charge in [0.15, 0.2) is 0 Å². The number of hydrogen-bond acceptors (Lipinski definition) is 5. The van der Waals surface area contributed by atoms with Gasteiger partial charge in [-0.1, -0.05) is 24.8 Å². The van der Waals surface area contributed by atoms with Crippen LogP contribution in [-0.4, -0.2) is 26.3 Å². The van der Waals surface area contributed by atoms with Crippen molar-refractivity contribution in [3.8, 4) is 0 Å². The maximum atomic E-state index is 12.0. The smallest absolute Gasteiger partial charge is 0.233 e. The molecule has 0 saturated heterocycles. The summed E-state index contributed by atoms with van der Waals surface area (Å²) in [6, 6.07) is 3.99. The van der Waals surface area contributed by atoms with Gasteiger partial charge in [0.25, 0.3) is 0 Å². The lowest BCUT2D eigenvalue weighted by Gasteiger charge is -2.09. The van der Waals surface area contributed by atoms with Crippen molar-refractivity contribution in [3.63, 3.8) is 0 Å². The van der Waals surface area contributed by atoms with E-state index in [9.17, 15) is 4.79 Å². The molecule has 0 aromatic carbocycles. The fourth-order valence-corrected chi connectivity index (χ4v) is 3.03. The monoisotopic (exact) mass is 310 g/mol. The Balaban J connectivity index is 1.80. The Morgan fingerprint density at radius 2 is 2.45 bits per heavy atom. The van der Waals surface area contributed by atoms with Crippen LogP contribution in [0.25, 0.3) is 0 Å². The van der Waals surface area contributed by atoms with E-state index in [0.717, 1.165) is 23.5 Å². The normalized spacial score (nSPS) is 12.3. The number of aryl methyl sites for hydroxylation is 1. The molecular formula is C13H18N4OS2. The molecule has 0 aliphatic heterocycles. The SMILES string of the molecule is CCCc1nc(SC(C)C(=O)NCc2cccs2)n[nH]1. The number of nitrogens with one attached hydrogen (secondary N) is 2. The Labute approximate surface area is 126 Å². The molecule has 108 valence electrons. The van der Waals surface area contributed by atoms with Gasteiger partial charge in [-0.2, -0.15) is 0 Å². The van der Waals surface area contributed by atoms with Crippen molar-refractivity contribution >= 4 is 29.0 Å².